The molecular formula is C29H27F7N2O6S2. The highest BCUT2D eigenvalue weighted by atomic mass is 32.2. The minimum absolute atomic E-state index is 0.114. The normalized spacial score (nSPS) is 24.9. The summed E-state index contributed by atoms with van der Waals surface area (Å²) >= 11 is 0. The number of nitrogens with zero attached hydrogens (tertiary/aromatic N) is 2. The lowest BCUT2D eigenvalue weighted by molar-refractivity contribution is -1.18. The van der Waals surface area contributed by atoms with Gasteiger partial charge in [-0.15, -0.1) is 4.71 Å². The van der Waals surface area contributed by atoms with Crippen LogP contribution in [0.15, 0.2) is 84.9 Å². The fourth-order valence-corrected chi connectivity index (χ4v) is 5.94. The van der Waals surface area contributed by atoms with E-state index in [4.69, 9.17) is 25.9 Å². The molecule has 2 bridgehead atoms. The van der Waals surface area contributed by atoms with Crippen LogP contribution in [0.1, 0.15) is 23.2 Å². The molecule has 0 amide bonds. The summed E-state index contributed by atoms with van der Waals surface area (Å²) in [6, 6.07) is 30.1. The van der Waals surface area contributed by atoms with Gasteiger partial charge in [-0.1, -0.05) is 72.8 Å². The molecule has 17 heteroatoms. The van der Waals surface area contributed by atoms with Gasteiger partial charge in [0.25, 0.3) is 0 Å². The third kappa shape index (κ3) is 7.44. The second-order valence-electron chi connectivity index (χ2n) is 11.2. The Morgan fingerprint density at radius 2 is 0.913 bits per heavy atom. The molecule has 3 heterocycles. The predicted molar refractivity (Wildman–Crippen MR) is 152 cm³/mol. The van der Waals surface area contributed by atoms with Crippen molar-refractivity contribution in [3.8, 4) is 0 Å². The molecule has 3 saturated heterocycles. The van der Waals surface area contributed by atoms with Crippen molar-refractivity contribution < 1.29 is 66.0 Å². The Kier molecular flexibility index (Phi) is 9.53. The van der Waals surface area contributed by atoms with Gasteiger partial charge in [0.1, 0.15) is 13.1 Å². The molecule has 0 aromatic heterocycles. The molecule has 4 aromatic rings. The largest absolute Gasteiger partial charge is 0.741 e. The minimum atomic E-state index is -6.09. The SMILES string of the molecule is C[N+]12CC[N+](F)(CC1)[C@@H](c1ccc3ccccc3c1)[C@H]2c1ccc2ccccc2c1.O=S(=O)([O-])C(F)(F)F.O=S(=O)([O-])C(F)(F)F. The van der Waals surface area contributed by atoms with Gasteiger partial charge in [0.05, 0.1) is 7.05 Å². The Hall–Kier alpha value is -3.35. The monoisotopic (exact) mass is 696 g/mol. The summed E-state index contributed by atoms with van der Waals surface area (Å²) in [5.74, 6) is 0. The molecule has 46 heavy (non-hydrogen) atoms. The maximum absolute atomic E-state index is 16.4. The van der Waals surface area contributed by atoms with E-state index in [1.165, 1.54) is 27.1 Å². The summed E-state index contributed by atoms with van der Waals surface area (Å²) in [6.07, 6.45) is 0. The van der Waals surface area contributed by atoms with Crippen LogP contribution in [-0.2, 0) is 20.2 Å². The van der Waals surface area contributed by atoms with E-state index in [-0.39, 0.29) is 16.8 Å². The van der Waals surface area contributed by atoms with Crippen molar-refractivity contribution in [1.29, 1.82) is 0 Å². The maximum Gasteiger partial charge on any atom is 0.485 e. The number of hydrogen-bond donors (Lipinski definition) is 0. The molecule has 3 fully saturated rings. The predicted octanol–water partition coefficient (Wildman–Crippen LogP) is 6.05. The van der Waals surface area contributed by atoms with Crippen molar-refractivity contribution in [2.75, 3.05) is 33.2 Å². The lowest BCUT2D eigenvalue weighted by Crippen LogP contribution is -2.72. The Bertz CT molecular complexity index is 1800. The summed E-state index contributed by atoms with van der Waals surface area (Å²) in [5.41, 5.74) is -8.91. The molecule has 7 rings (SSSR count). The van der Waals surface area contributed by atoms with Crippen LogP contribution in [0.2, 0.25) is 0 Å². The van der Waals surface area contributed by atoms with Gasteiger partial charge < -0.3 is 13.6 Å². The number of likely N-dealkylation sites (N-methyl/N-ethyl adjacent to an activating group) is 1. The number of alkyl halides is 6. The van der Waals surface area contributed by atoms with Crippen LogP contribution in [0.5, 0.6) is 0 Å². The van der Waals surface area contributed by atoms with E-state index in [1.807, 2.05) is 0 Å². The number of piperazine rings is 3. The Morgan fingerprint density at radius 3 is 1.26 bits per heavy atom. The van der Waals surface area contributed by atoms with E-state index in [1.54, 1.807) is 0 Å². The highest BCUT2D eigenvalue weighted by molar-refractivity contribution is 7.86. The molecule has 8 nitrogen and oxygen atoms in total. The van der Waals surface area contributed by atoms with Gasteiger partial charge in [-0.25, -0.2) is 16.8 Å². The van der Waals surface area contributed by atoms with Crippen molar-refractivity contribution in [2.24, 2.45) is 0 Å². The zero-order chi connectivity index (χ0) is 34.3. The average molecular weight is 697 g/mol. The fourth-order valence-electron chi connectivity index (χ4n) is 5.94. The van der Waals surface area contributed by atoms with Crippen LogP contribution in [0, 0.1) is 0 Å². The summed E-state index contributed by atoms with van der Waals surface area (Å²) in [5, 5.41) is 4.89. The minimum Gasteiger partial charge on any atom is -0.741 e. The van der Waals surface area contributed by atoms with Crippen LogP contribution in [0.4, 0.5) is 30.8 Å². The fraction of sp³-hybridized carbons (Fsp3) is 0.310. The topological polar surface area (TPSA) is 114 Å². The van der Waals surface area contributed by atoms with Crippen molar-refractivity contribution in [3.63, 3.8) is 0 Å². The molecule has 0 aliphatic carbocycles. The molecule has 2 atom stereocenters. The zero-order valence-corrected chi connectivity index (χ0v) is 25.5. The zero-order valence-electron chi connectivity index (χ0n) is 23.9. The van der Waals surface area contributed by atoms with E-state index < -0.39 is 31.3 Å². The average Bonchev–Trinajstić information content (AvgIpc) is 2.95. The molecule has 3 aliphatic heterocycles. The summed E-state index contributed by atoms with van der Waals surface area (Å²) in [4.78, 5) is 0. The second-order valence-corrected chi connectivity index (χ2v) is 13.9. The van der Waals surface area contributed by atoms with Crippen LogP contribution in [0.25, 0.3) is 21.5 Å². The van der Waals surface area contributed by atoms with Gasteiger partial charge in [-0.05, 0) is 38.2 Å². The molecule has 3 aliphatic rings. The van der Waals surface area contributed by atoms with E-state index in [2.05, 4.69) is 92.0 Å². The Morgan fingerprint density at radius 1 is 0.587 bits per heavy atom. The highest BCUT2D eigenvalue weighted by Crippen LogP contribution is 2.53. The lowest BCUT2D eigenvalue weighted by atomic mass is 9.83. The van der Waals surface area contributed by atoms with Gasteiger partial charge >= 0.3 is 11.0 Å². The quantitative estimate of drug-likeness (QED) is 0.0829. The first-order valence-corrected chi connectivity index (χ1v) is 16.3. The van der Waals surface area contributed by atoms with Crippen molar-refractivity contribution in [2.45, 2.75) is 23.1 Å². The number of benzene rings is 4. The molecule has 0 spiro atoms. The second kappa shape index (κ2) is 12.4. The third-order valence-corrected chi connectivity index (χ3v) is 9.37. The summed E-state index contributed by atoms with van der Waals surface area (Å²) in [7, 11) is -9.85. The van der Waals surface area contributed by atoms with E-state index in [0.717, 1.165) is 23.1 Å². The van der Waals surface area contributed by atoms with Crippen LogP contribution < -0.4 is 0 Å². The van der Waals surface area contributed by atoms with Crippen LogP contribution >= 0.6 is 0 Å². The van der Waals surface area contributed by atoms with E-state index >= 15 is 4.48 Å². The van der Waals surface area contributed by atoms with Crippen molar-refractivity contribution >= 4 is 41.8 Å². The highest BCUT2D eigenvalue weighted by Gasteiger charge is 2.63. The van der Waals surface area contributed by atoms with Gasteiger partial charge in [0.15, 0.2) is 39.4 Å². The summed E-state index contributed by atoms with van der Waals surface area (Å²) < 4.78 is 135. The Labute approximate surface area is 259 Å². The van der Waals surface area contributed by atoms with Crippen LogP contribution in [0.3, 0.4) is 0 Å². The van der Waals surface area contributed by atoms with Gasteiger partial charge in [0.2, 0.25) is 6.04 Å². The molecule has 0 radical (unpaired) electrons. The maximum atomic E-state index is 16.4. The van der Waals surface area contributed by atoms with E-state index in [9.17, 15) is 26.3 Å². The molecule has 250 valence electrons. The summed E-state index contributed by atoms with van der Waals surface area (Å²) in [6.45, 7) is 2.96. The number of rotatable bonds is 2. The van der Waals surface area contributed by atoms with Crippen molar-refractivity contribution in [1.82, 2.24) is 0 Å². The molecule has 0 unspecified atom stereocenters. The first kappa shape index (κ1) is 35.5. The number of halogens is 7. The van der Waals surface area contributed by atoms with E-state index in [0.29, 0.717) is 13.1 Å². The Balaban J connectivity index is 0.000000250. The number of quaternary nitrogens is 2. The molecule has 0 N–H and O–H groups in total. The van der Waals surface area contributed by atoms with Gasteiger partial charge in [0, 0.05) is 11.1 Å². The van der Waals surface area contributed by atoms with Gasteiger partial charge in [-0.2, -0.15) is 26.3 Å². The first-order valence-electron chi connectivity index (χ1n) is 13.5. The standard InChI is InChI=1S/C27H27FN2.2CHF3O3S/c1-29-14-16-30(28,17-15-29)27(25-13-11-21-7-3-5-9-23(21)19-25)26(29)24-12-10-20-6-2-4-8-22(20)18-24;2*2-1(3,4)8(5,6)7/h2-13,18-19,26-27H,14-17H2,1H3;2*(H,5,6,7)/q+2;;/p-2/t26-,27+,29?,30?;;/m1../s1. The number of hydrogen-bond acceptors (Lipinski definition) is 6. The lowest BCUT2D eigenvalue weighted by Gasteiger charge is -2.57. The van der Waals surface area contributed by atoms with Crippen molar-refractivity contribution in [3.05, 3.63) is 96.1 Å². The first-order chi connectivity index (χ1) is 21.1. The van der Waals surface area contributed by atoms with Crippen LogP contribution in [-0.4, -0.2) is 79.4 Å². The number of fused-ring (bicyclic) bond motifs is 5. The molecule has 4 aromatic carbocycles. The smallest absolute Gasteiger partial charge is 0.485 e. The third-order valence-electron chi connectivity index (χ3n) is 8.23. The molecular weight excluding hydrogens is 669 g/mol. The molecule has 0 saturated carbocycles. The van der Waals surface area contributed by atoms with Gasteiger partial charge in [-0.3, -0.25) is 0 Å².